The molecule has 1 heterocycles. The molecule has 0 aromatic heterocycles. The Labute approximate surface area is 172 Å². The van der Waals surface area contributed by atoms with Gasteiger partial charge in [0.05, 0.1) is 33.4 Å². The molecule has 1 aliphatic heterocycles. The van der Waals surface area contributed by atoms with Gasteiger partial charge in [-0.1, -0.05) is 0 Å². The SMILES string of the molecule is COc1cc(OC)c(/C=C/C(=O)N2CCN(CC(=O)NC(C)C)CC2)c(OC)c1. The van der Waals surface area contributed by atoms with Gasteiger partial charge in [0.15, 0.2) is 0 Å². The lowest BCUT2D eigenvalue weighted by Crippen LogP contribution is -2.51. The molecule has 1 aromatic carbocycles. The summed E-state index contributed by atoms with van der Waals surface area (Å²) in [5, 5.41) is 2.89. The van der Waals surface area contributed by atoms with E-state index in [4.69, 9.17) is 14.2 Å². The van der Waals surface area contributed by atoms with Gasteiger partial charge in [-0.15, -0.1) is 0 Å². The number of benzene rings is 1. The van der Waals surface area contributed by atoms with Crippen molar-refractivity contribution in [2.45, 2.75) is 19.9 Å². The number of hydrogen-bond donors (Lipinski definition) is 1. The molecule has 160 valence electrons. The maximum Gasteiger partial charge on any atom is 0.246 e. The minimum absolute atomic E-state index is 0.0124. The summed E-state index contributed by atoms with van der Waals surface area (Å²) in [6, 6.07) is 3.61. The predicted molar refractivity (Wildman–Crippen MR) is 111 cm³/mol. The zero-order valence-electron chi connectivity index (χ0n) is 17.9. The van der Waals surface area contributed by atoms with Crippen LogP contribution in [0.25, 0.3) is 6.08 Å². The Morgan fingerprint density at radius 2 is 1.62 bits per heavy atom. The van der Waals surface area contributed by atoms with Crippen LogP contribution in [0.2, 0.25) is 0 Å². The number of carbonyl (C=O) groups excluding carboxylic acids is 2. The van der Waals surface area contributed by atoms with Gasteiger partial charge < -0.3 is 24.4 Å². The maximum atomic E-state index is 12.6. The van der Waals surface area contributed by atoms with Crippen molar-refractivity contribution in [2.75, 3.05) is 54.1 Å². The lowest BCUT2D eigenvalue weighted by molar-refractivity contribution is -0.128. The fraction of sp³-hybridized carbons (Fsp3) is 0.524. The molecule has 1 fully saturated rings. The van der Waals surface area contributed by atoms with Crippen molar-refractivity contribution >= 4 is 17.9 Å². The molecule has 8 nitrogen and oxygen atoms in total. The summed E-state index contributed by atoms with van der Waals surface area (Å²) < 4.78 is 16.1. The first-order valence-electron chi connectivity index (χ1n) is 9.66. The van der Waals surface area contributed by atoms with Crippen LogP contribution in [0.4, 0.5) is 0 Å². The van der Waals surface area contributed by atoms with Gasteiger partial charge in [0.25, 0.3) is 0 Å². The first kappa shape index (κ1) is 22.5. The summed E-state index contributed by atoms with van der Waals surface area (Å²) in [6.07, 6.45) is 3.22. The Balaban J connectivity index is 1.98. The lowest BCUT2D eigenvalue weighted by Gasteiger charge is -2.33. The Kier molecular flexibility index (Phi) is 8.33. The van der Waals surface area contributed by atoms with E-state index in [1.807, 2.05) is 13.8 Å². The molecule has 0 unspecified atom stereocenters. The van der Waals surface area contributed by atoms with Gasteiger partial charge in [-0.25, -0.2) is 0 Å². The molecule has 8 heteroatoms. The van der Waals surface area contributed by atoms with Gasteiger partial charge in [-0.3, -0.25) is 14.5 Å². The molecular weight excluding hydrogens is 374 g/mol. The van der Waals surface area contributed by atoms with E-state index in [1.165, 1.54) is 6.08 Å². The van der Waals surface area contributed by atoms with Gasteiger partial charge in [0.1, 0.15) is 17.2 Å². The fourth-order valence-corrected chi connectivity index (χ4v) is 3.15. The summed E-state index contributed by atoms with van der Waals surface area (Å²) in [5.41, 5.74) is 0.674. The minimum atomic E-state index is -0.0868. The highest BCUT2D eigenvalue weighted by molar-refractivity contribution is 5.93. The molecule has 0 bridgehead atoms. The van der Waals surface area contributed by atoms with Gasteiger partial charge in [0.2, 0.25) is 11.8 Å². The summed E-state index contributed by atoms with van der Waals surface area (Å²) in [7, 11) is 4.68. The van der Waals surface area contributed by atoms with Crippen LogP contribution in [0.15, 0.2) is 18.2 Å². The summed E-state index contributed by atoms with van der Waals surface area (Å²) in [6.45, 7) is 6.72. The highest BCUT2D eigenvalue weighted by Gasteiger charge is 2.21. The van der Waals surface area contributed by atoms with Crippen LogP contribution in [0.1, 0.15) is 19.4 Å². The predicted octanol–water partition coefficient (Wildman–Crippen LogP) is 1.39. The second-order valence-electron chi connectivity index (χ2n) is 7.10. The van der Waals surface area contributed by atoms with Crippen molar-refractivity contribution < 1.29 is 23.8 Å². The van der Waals surface area contributed by atoms with E-state index < -0.39 is 0 Å². The second kappa shape index (κ2) is 10.7. The Hall–Kier alpha value is -2.74. The van der Waals surface area contributed by atoms with Crippen molar-refractivity contribution in [3.63, 3.8) is 0 Å². The molecule has 2 amide bonds. The largest absolute Gasteiger partial charge is 0.496 e. The van der Waals surface area contributed by atoms with Crippen LogP contribution in [0, 0.1) is 0 Å². The van der Waals surface area contributed by atoms with Crippen molar-refractivity contribution in [1.82, 2.24) is 15.1 Å². The van der Waals surface area contributed by atoms with Crippen LogP contribution >= 0.6 is 0 Å². The van der Waals surface area contributed by atoms with Crippen molar-refractivity contribution in [3.05, 3.63) is 23.8 Å². The Morgan fingerprint density at radius 1 is 1.03 bits per heavy atom. The van der Waals surface area contributed by atoms with Crippen LogP contribution < -0.4 is 19.5 Å². The van der Waals surface area contributed by atoms with Gasteiger partial charge in [-0.05, 0) is 19.9 Å². The normalized spacial score (nSPS) is 14.9. The third kappa shape index (κ3) is 6.39. The molecule has 0 radical (unpaired) electrons. The number of nitrogens with zero attached hydrogens (tertiary/aromatic N) is 2. The van der Waals surface area contributed by atoms with E-state index in [9.17, 15) is 9.59 Å². The average molecular weight is 405 g/mol. The number of carbonyl (C=O) groups is 2. The van der Waals surface area contributed by atoms with Gasteiger partial charge in [-0.2, -0.15) is 0 Å². The molecule has 1 aromatic rings. The number of hydrogen-bond acceptors (Lipinski definition) is 6. The molecule has 0 saturated carbocycles. The van der Waals surface area contributed by atoms with E-state index in [0.29, 0.717) is 55.5 Å². The van der Waals surface area contributed by atoms with E-state index in [2.05, 4.69) is 10.2 Å². The maximum absolute atomic E-state index is 12.6. The second-order valence-corrected chi connectivity index (χ2v) is 7.10. The van der Waals surface area contributed by atoms with Crippen LogP contribution in [-0.2, 0) is 9.59 Å². The molecule has 0 aliphatic carbocycles. The van der Waals surface area contributed by atoms with E-state index in [-0.39, 0.29) is 17.9 Å². The van der Waals surface area contributed by atoms with Crippen molar-refractivity contribution in [1.29, 1.82) is 0 Å². The van der Waals surface area contributed by atoms with Crippen molar-refractivity contribution in [2.24, 2.45) is 0 Å². The molecule has 0 atom stereocenters. The number of nitrogens with one attached hydrogen (secondary N) is 1. The zero-order valence-corrected chi connectivity index (χ0v) is 17.9. The summed E-state index contributed by atoms with van der Waals surface area (Å²) >= 11 is 0. The first-order chi connectivity index (χ1) is 13.9. The monoisotopic (exact) mass is 405 g/mol. The molecule has 0 spiro atoms. The standard InChI is InChI=1S/C21H31N3O5/c1-15(2)22-20(25)14-23-8-10-24(11-9-23)21(26)7-6-17-18(28-4)12-16(27-3)13-19(17)29-5/h6-7,12-13,15H,8-11,14H2,1-5H3,(H,22,25)/b7-6+. The third-order valence-electron chi connectivity index (χ3n) is 4.65. The number of rotatable bonds is 8. The summed E-state index contributed by atoms with van der Waals surface area (Å²) in [4.78, 5) is 28.3. The Bertz CT molecular complexity index is 715. The molecule has 1 aliphatic rings. The van der Waals surface area contributed by atoms with Crippen LogP contribution in [0.3, 0.4) is 0 Å². The third-order valence-corrected chi connectivity index (χ3v) is 4.65. The number of ether oxygens (including phenoxy) is 3. The van der Waals surface area contributed by atoms with E-state index in [1.54, 1.807) is 44.4 Å². The molecule has 1 saturated heterocycles. The lowest BCUT2D eigenvalue weighted by atomic mass is 10.1. The van der Waals surface area contributed by atoms with Crippen LogP contribution in [-0.4, -0.2) is 81.7 Å². The van der Waals surface area contributed by atoms with E-state index >= 15 is 0 Å². The van der Waals surface area contributed by atoms with Crippen molar-refractivity contribution in [3.8, 4) is 17.2 Å². The molecule has 2 rings (SSSR count). The molecule has 1 N–H and O–H groups in total. The Morgan fingerprint density at radius 3 is 2.10 bits per heavy atom. The highest BCUT2D eigenvalue weighted by Crippen LogP contribution is 2.35. The number of piperazine rings is 1. The summed E-state index contributed by atoms with van der Waals surface area (Å²) in [5.74, 6) is 1.66. The van der Waals surface area contributed by atoms with Crippen LogP contribution in [0.5, 0.6) is 17.2 Å². The quantitative estimate of drug-likeness (QED) is 0.659. The van der Waals surface area contributed by atoms with E-state index in [0.717, 1.165) is 0 Å². The molecular formula is C21H31N3O5. The number of methoxy groups -OCH3 is 3. The zero-order chi connectivity index (χ0) is 21.4. The number of amides is 2. The average Bonchev–Trinajstić information content (AvgIpc) is 2.71. The smallest absolute Gasteiger partial charge is 0.246 e. The fourth-order valence-electron chi connectivity index (χ4n) is 3.15. The topological polar surface area (TPSA) is 80.3 Å². The first-order valence-corrected chi connectivity index (χ1v) is 9.66. The minimum Gasteiger partial charge on any atom is -0.496 e. The van der Waals surface area contributed by atoms with Gasteiger partial charge in [0, 0.05) is 50.4 Å². The van der Waals surface area contributed by atoms with Gasteiger partial charge >= 0.3 is 0 Å². The molecule has 29 heavy (non-hydrogen) atoms. The highest BCUT2D eigenvalue weighted by atomic mass is 16.5.